The minimum atomic E-state index is -0.118. The highest BCUT2D eigenvalue weighted by Gasteiger charge is 2.22. The molecule has 1 fully saturated rings. The zero-order chi connectivity index (χ0) is 10.7. The Bertz CT molecular complexity index is 307. The molecule has 0 saturated carbocycles. The lowest BCUT2D eigenvalue weighted by Crippen LogP contribution is -2.27. The molecule has 2 rings (SSSR count). The summed E-state index contributed by atoms with van der Waals surface area (Å²) in [7, 11) is 1.64. The Morgan fingerprint density at radius 3 is 2.87 bits per heavy atom. The maximum Gasteiger partial charge on any atom is 0.255 e. The lowest BCUT2D eigenvalue weighted by molar-refractivity contribution is 0.0886. The molecule has 1 saturated heterocycles. The van der Waals surface area contributed by atoms with Crippen LogP contribution in [-0.4, -0.2) is 30.3 Å². The predicted octanol–water partition coefficient (Wildman–Crippen LogP) is 1.24. The van der Waals surface area contributed by atoms with Gasteiger partial charge in [0.2, 0.25) is 0 Å². The molecule has 0 aliphatic carbocycles. The summed E-state index contributed by atoms with van der Waals surface area (Å²) in [6.07, 6.45) is 2.05. The Morgan fingerprint density at radius 1 is 1.47 bits per heavy atom. The van der Waals surface area contributed by atoms with Crippen LogP contribution in [0.1, 0.15) is 43.5 Å². The van der Waals surface area contributed by atoms with Crippen LogP contribution in [0, 0.1) is 0 Å². The molecular formula is C10H17N3O2. The topological polar surface area (TPSA) is 60.2 Å². The zero-order valence-corrected chi connectivity index (χ0v) is 9.19. The highest BCUT2D eigenvalue weighted by molar-refractivity contribution is 4.98. The molecule has 1 aromatic heterocycles. The second kappa shape index (κ2) is 4.72. The van der Waals surface area contributed by atoms with Gasteiger partial charge in [-0.05, 0) is 32.9 Å². The van der Waals surface area contributed by atoms with Gasteiger partial charge >= 0.3 is 0 Å². The van der Waals surface area contributed by atoms with Crippen molar-refractivity contribution in [3.8, 4) is 0 Å². The fourth-order valence-corrected chi connectivity index (χ4v) is 1.76. The lowest BCUT2D eigenvalue weighted by Gasteiger charge is -2.19. The first-order valence-electron chi connectivity index (χ1n) is 5.38. The van der Waals surface area contributed by atoms with Crippen LogP contribution in [0.4, 0.5) is 0 Å². The van der Waals surface area contributed by atoms with E-state index in [9.17, 15) is 0 Å². The van der Waals surface area contributed by atoms with Crippen LogP contribution in [0.3, 0.4) is 0 Å². The third kappa shape index (κ3) is 2.35. The van der Waals surface area contributed by atoms with E-state index in [1.54, 1.807) is 7.11 Å². The molecule has 2 heterocycles. The SMILES string of the molecule is COC(C)c1nc(C2CCNCC2)no1. The molecular weight excluding hydrogens is 194 g/mol. The van der Waals surface area contributed by atoms with Crippen LogP contribution in [-0.2, 0) is 4.74 Å². The van der Waals surface area contributed by atoms with E-state index in [0.29, 0.717) is 11.8 Å². The second-order valence-corrected chi connectivity index (χ2v) is 3.89. The molecule has 1 unspecified atom stereocenters. The van der Waals surface area contributed by atoms with Crippen molar-refractivity contribution in [2.24, 2.45) is 0 Å². The van der Waals surface area contributed by atoms with E-state index in [0.717, 1.165) is 31.8 Å². The standard InChI is InChI=1S/C10H17N3O2/c1-7(14-2)10-12-9(13-15-10)8-3-5-11-6-4-8/h7-8,11H,3-6H2,1-2H3. The van der Waals surface area contributed by atoms with Crippen LogP contribution in [0.15, 0.2) is 4.52 Å². The van der Waals surface area contributed by atoms with Crippen molar-refractivity contribution in [1.29, 1.82) is 0 Å². The first-order valence-corrected chi connectivity index (χ1v) is 5.38. The van der Waals surface area contributed by atoms with Gasteiger partial charge in [0.05, 0.1) is 0 Å². The molecule has 15 heavy (non-hydrogen) atoms. The van der Waals surface area contributed by atoms with E-state index < -0.39 is 0 Å². The Balaban J connectivity index is 2.05. The maximum absolute atomic E-state index is 5.16. The monoisotopic (exact) mass is 211 g/mol. The Morgan fingerprint density at radius 2 is 2.20 bits per heavy atom. The van der Waals surface area contributed by atoms with Crippen LogP contribution in [0.25, 0.3) is 0 Å². The molecule has 0 radical (unpaired) electrons. The normalized spacial score (nSPS) is 20.4. The van der Waals surface area contributed by atoms with Crippen molar-refractivity contribution in [2.45, 2.75) is 31.8 Å². The number of ether oxygens (including phenoxy) is 1. The van der Waals surface area contributed by atoms with Crippen LogP contribution >= 0.6 is 0 Å². The number of hydrogen-bond acceptors (Lipinski definition) is 5. The van der Waals surface area contributed by atoms with Crippen molar-refractivity contribution in [3.63, 3.8) is 0 Å². The molecule has 1 N–H and O–H groups in total. The largest absolute Gasteiger partial charge is 0.372 e. The van der Waals surface area contributed by atoms with Gasteiger partial charge in [-0.2, -0.15) is 4.98 Å². The van der Waals surface area contributed by atoms with Crippen LogP contribution in [0.5, 0.6) is 0 Å². The van der Waals surface area contributed by atoms with Crippen molar-refractivity contribution >= 4 is 0 Å². The van der Waals surface area contributed by atoms with E-state index >= 15 is 0 Å². The van der Waals surface area contributed by atoms with Crippen molar-refractivity contribution in [2.75, 3.05) is 20.2 Å². The summed E-state index contributed by atoms with van der Waals surface area (Å²) >= 11 is 0. The van der Waals surface area contributed by atoms with Gasteiger partial charge in [0.25, 0.3) is 5.89 Å². The summed E-state index contributed by atoms with van der Waals surface area (Å²) < 4.78 is 10.3. The Kier molecular flexibility index (Phi) is 3.33. The van der Waals surface area contributed by atoms with E-state index in [-0.39, 0.29) is 6.10 Å². The van der Waals surface area contributed by atoms with E-state index in [2.05, 4.69) is 15.5 Å². The third-order valence-corrected chi connectivity index (χ3v) is 2.86. The first-order chi connectivity index (χ1) is 7.31. The molecule has 5 heteroatoms. The molecule has 1 aliphatic heterocycles. The van der Waals surface area contributed by atoms with Crippen molar-refractivity contribution < 1.29 is 9.26 Å². The van der Waals surface area contributed by atoms with Gasteiger partial charge in [0.15, 0.2) is 5.82 Å². The highest BCUT2D eigenvalue weighted by Crippen LogP contribution is 2.24. The minimum absolute atomic E-state index is 0.118. The van der Waals surface area contributed by atoms with E-state index in [1.807, 2.05) is 6.92 Å². The summed E-state index contributed by atoms with van der Waals surface area (Å²) in [6.45, 7) is 3.97. The summed E-state index contributed by atoms with van der Waals surface area (Å²) in [6, 6.07) is 0. The average Bonchev–Trinajstić information content (AvgIpc) is 2.78. The second-order valence-electron chi connectivity index (χ2n) is 3.89. The molecule has 1 atom stereocenters. The van der Waals surface area contributed by atoms with Gasteiger partial charge < -0.3 is 14.6 Å². The first kappa shape index (κ1) is 10.6. The Hall–Kier alpha value is -0.940. The maximum atomic E-state index is 5.16. The summed E-state index contributed by atoms with van der Waals surface area (Å²) in [5.74, 6) is 1.84. The number of hydrogen-bond donors (Lipinski definition) is 1. The number of aromatic nitrogens is 2. The lowest BCUT2D eigenvalue weighted by atomic mass is 9.98. The average molecular weight is 211 g/mol. The van der Waals surface area contributed by atoms with E-state index in [1.165, 1.54) is 0 Å². The fraction of sp³-hybridized carbons (Fsp3) is 0.800. The van der Waals surface area contributed by atoms with Crippen LogP contribution < -0.4 is 5.32 Å². The van der Waals surface area contributed by atoms with Crippen LogP contribution in [0.2, 0.25) is 0 Å². The van der Waals surface area contributed by atoms with Gasteiger partial charge in [-0.1, -0.05) is 5.16 Å². The number of rotatable bonds is 3. The van der Waals surface area contributed by atoms with Gasteiger partial charge in [-0.15, -0.1) is 0 Å². The third-order valence-electron chi connectivity index (χ3n) is 2.86. The molecule has 0 amide bonds. The number of nitrogens with one attached hydrogen (secondary N) is 1. The molecule has 5 nitrogen and oxygen atoms in total. The van der Waals surface area contributed by atoms with Crippen molar-refractivity contribution in [3.05, 3.63) is 11.7 Å². The fourth-order valence-electron chi connectivity index (χ4n) is 1.76. The van der Waals surface area contributed by atoms with Gasteiger partial charge in [-0.3, -0.25) is 0 Å². The Labute approximate surface area is 89.2 Å². The molecule has 1 aliphatic rings. The van der Waals surface area contributed by atoms with Gasteiger partial charge in [0.1, 0.15) is 6.10 Å². The predicted molar refractivity (Wildman–Crippen MR) is 54.6 cm³/mol. The number of nitrogens with zero attached hydrogens (tertiary/aromatic N) is 2. The summed E-state index contributed by atoms with van der Waals surface area (Å²) in [5.41, 5.74) is 0. The van der Waals surface area contributed by atoms with E-state index in [4.69, 9.17) is 9.26 Å². The minimum Gasteiger partial charge on any atom is -0.372 e. The van der Waals surface area contributed by atoms with Gasteiger partial charge in [-0.25, -0.2) is 0 Å². The summed E-state index contributed by atoms with van der Waals surface area (Å²) in [4.78, 5) is 4.37. The van der Waals surface area contributed by atoms with Crippen molar-refractivity contribution in [1.82, 2.24) is 15.5 Å². The molecule has 0 spiro atoms. The highest BCUT2D eigenvalue weighted by atomic mass is 16.5. The smallest absolute Gasteiger partial charge is 0.255 e. The molecule has 1 aromatic rings. The summed E-state index contributed by atoms with van der Waals surface area (Å²) in [5, 5.41) is 7.33. The van der Waals surface area contributed by atoms with Gasteiger partial charge in [0, 0.05) is 13.0 Å². The molecule has 0 aromatic carbocycles. The zero-order valence-electron chi connectivity index (χ0n) is 9.19. The quantitative estimate of drug-likeness (QED) is 0.815. The molecule has 84 valence electrons. The number of methoxy groups -OCH3 is 1. The molecule has 0 bridgehead atoms. The number of piperidine rings is 1.